The second-order valence-electron chi connectivity index (χ2n) is 3.78. The summed E-state index contributed by atoms with van der Waals surface area (Å²) >= 11 is 5.60. The SMILES string of the molecule is N#Cc1ccc(Cn2cc(Cl)c(=O)[nH]c2=O)c(F)c1. The number of hydrogen-bond acceptors (Lipinski definition) is 3. The van der Waals surface area contributed by atoms with Gasteiger partial charge in [-0.1, -0.05) is 17.7 Å². The Morgan fingerprint density at radius 3 is 2.79 bits per heavy atom. The van der Waals surface area contributed by atoms with Crippen molar-refractivity contribution in [3.63, 3.8) is 0 Å². The fourth-order valence-corrected chi connectivity index (χ4v) is 1.69. The quantitative estimate of drug-likeness (QED) is 0.898. The molecule has 2 rings (SSSR count). The zero-order valence-electron chi connectivity index (χ0n) is 9.48. The number of rotatable bonds is 2. The number of nitrogens with one attached hydrogen (secondary N) is 1. The average molecular weight is 280 g/mol. The smallest absolute Gasteiger partial charge is 0.295 e. The van der Waals surface area contributed by atoms with Crippen LogP contribution in [0.4, 0.5) is 4.39 Å². The Morgan fingerprint density at radius 1 is 1.42 bits per heavy atom. The first-order valence-electron chi connectivity index (χ1n) is 5.19. The Kier molecular flexibility index (Phi) is 3.49. The molecule has 0 bridgehead atoms. The van der Waals surface area contributed by atoms with Gasteiger partial charge in [0.25, 0.3) is 5.56 Å². The van der Waals surface area contributed by atoms with Crippen LogP contribution in [0.5, 0.6) is 0 Å². The number of H-pyrrole nitrogens is 1. The van der Waals surface area contributed by atoms with Crippen LogP contribution in [-0.2, 0) is 6.54 Å². The van der Waals surface area contributed by atoms with Crippen molar-refractivity contribution in [3.05, 3.63) is 67.2 Å². The minimum atomic E-state index is -0.691. The summed E-state index contributed by atoms with van der Waals surface area (Å²) in [6.45, 7) is -0.0904. The summed E-state index contributed by atoms with van der Waals surface area (Å²) in [7, 11) is 0. The molecule has 5 nitrogen and oxygen atoms in total. The van der Waals surface area contributed by atoms with Gasteiger partial charge in [-0.2, -0.15) is 5.26 Å². The molecule has 1 N–H and O–H groups in total. The molecule has 1 heterocycles. The first kappa shape index (κ1) is 13.1. The maximum absolute atomic E-state index is 13.7. The van der Waals surface area contributed by atoms with Crippen molar-refractivity contribution >= 4 is 11.6 Å². The third-order valence-electron chi connectivity index (χ3n) is 2.49. The minimum absolute atomic E-state index is 0.0904. The number of benzene rings is 1. The van der Waals surface area contributed by atoms with Crippen LogP contribution in [0.3, 0.4) is 0 Å². The van der Waals surface area contributed by atoms with Crippen LogP contribution >= 0.6 is 11.6 Å². The Labute approximate surface area is 111 Å². The number of nitrogens with zero attached hydrogens (tertiary/aromatic N) is 2. The molecule has 1 aromatic heterocycles. The molecule has 7 heteroatoms. The second-order valence-corrected chi connectivity index (χ2v) is 4.19. The summed E-state index contributed by atoms with van der Waals surface area (Å²) in [4.78, 5) is 24.6. The van der Waals surface area contributed by atoms with Gasteiger partial charge in [0.2, 0.25) is 0 Å². The highest BCUT2D eigenvalue weighted by Crippen LogP contribution is 2.11. The van der Waals surface area contributed by atoms with Crippen molar-refractivity contribution < 1.29 is 4.39 Å². The summed E-state index contributed by atoms with van der Waals surface area (Å²) in [5.41, 5.74) is -0.973. The van der Waals surface area contributed by atoms with Crippen molar-refractivity contribution in [3.8, 4) is 6.07 Å². The molecule has 0 aliphatic heterocycles. The molecule has 0 amide bonds. The second kappa shape index (κ2) is 5.08. The van der Waals surface area contributed by atoms with Crippen LogP contribution in [0.1, 0.15) is 11.1 Å². The zero-order chi connectivity index (χ0) is 14.0. The normalized spacial score (nSPS) is 10.2. The van der Waals surface area contributed by atoms with Crippen molar-refractivity contribution in [1.29, 1.82) is 5.26 Å². The monoisotopic (exact) mass is 279 g/mol. The molecule has 0 saturated heterocycles. The Bertz CT molecular complexity index is 789. The van der Waals surface area contributed by atoms with Crippen LogP contribution in [0.15, 0.2) is 34.0 Å². The van der Waals surface area contributed by atoms with Crippen LogP contribution < -0.4 is 11.2 Å². The van der Waals surface area contributed by atoms with E-state index in [4.69, 9.17) is 16.9 Å². The van der Waals surface area contributed by atoms with E-state index in [0.717, 1.165) is 16.8 Å². The Hall–Kier alpha value is -2.39. The van der Waals surface area contributed by atoms with E-state index >= 15 is 0 Å². The van der Waals surface area contributed by atoms with E-state index in [-0.39, 0.29) is 22.7 Å². The van der Waals surface area contributed by atoms with Gasteiger partial charge in [0.05, 0.1) is 18.2 Å². The van der Waals surface area contributed by atoms with E-state index in [2.05, 4.69) is 0 Å². The van der Waals surface area contributed by atoms with Gasteiger partial charge in [-0.3, -0.25) is 14.3 Å². The molecule has 2 aromatic rings. The molecule has 96 valence electrons. The maximum atomic E-state index is 13.7. The highest BCUT2D eigenvalue weighted by atomic mass is 35.5. The largest absolute Gasteiger partial charge is 0.328 e. The number of nitriles is 1. The molecular formula is C12H7ClFN3O2. The number of aromatic amines is 1. The topological polar surface area (TPSA) is 78.7 Å². The molecule has 0 atom stereocenters. The van der Waals surface area contributed by atoms with Gasteiger partial charge in [0, 0.05) is 11.8 Å². The predicted molar refractivity (Wildman–Crippen MR) is 66.5 cm³/mol. The highest BCUT2D eigenvalue weighted by Gasteiger charge is 2.07. The van der Waals surface area contributed by atoms with E-state index in [9.17, 15) is 14.0 Å². The van der Waals surface area contributed by atoms with Crippen molar-refractivity contribution in [1.82, 2.24) is 9.55 Å². The fraction of sp³-hybridized carbons (Fsp3) is 0.0833. The van der Waals surface area contributed by atoms with E-state index in [1.165, 1.54) is 12.1 Å². The van der Waals surface area contributed by atoms with E-state index in [1.807, 2.05) is 11.1 Å². The van der Waals surface area contributed by atoms with E-state index < -0.39 is 17.1 Å². The van der Waals surface area contributed by atoms with Crippen LogP contribution in [0.25, 0.3) is 0 Å². The zero-order valence-corrected chi connectivity index (χ0v) is 10.2. The lowest BCUT2D eigenvalue weighted by atomic mass is 10.1. The highest BCUT2D eigenvalue weighted by molar-refractivity contribution is 6.30. The molecule has 0 unspecified atom stereocenters. The molecule has 0 aliphatic carbocycles. The molecule has 0 radical (unpaired) electrons. The van der Waals surface area contributed by atoms with Gasteiger partial charge >= 0.3 is 5.69 Å². The molecular weight excluding hydrogens is 273 g/mol. The van der Waals surface area contributed by atoms with Crippen LogP contribution in [0.2, 0.25) is 5.02 Å². The summed E-state index contributed by atoms with van der Waals surface area (Å²) in [5, 5.41) is 8.47. The van der Waals surface area contributed by atoms with Gasteiger partial charge in [-0.25, -0.2) is 9.18 Å². The standard InChI is InChI=1S/C12H7ClFN3O2/c13-9-6-17(12(19)16-11(9)18)5-8-2-1-7(4-15)3-10(8)14/h1-3,6H,5H2,(H,16,18,19). The van der Waals surface area contributed by atoms with Gasteiger partial charge in [0.1, 0.15) is 10.8 Å². The van der Waals surface area contributed by atoms with Crippen molar-refractivity contribution in [2.45, 2.75) is 6.54 Å². The lowest BCUT2D eigenvalue weighted by Gasteiger charge is -2.06. The van der Waals surface area contributed by atoms with E-state index in [0.29, 0.717) is 0 Å². The van der Waals surface area contributed by atoms with Gasteiger partial charge < -0.3 is 0 Å². The molecule has 0 saturated carbocycles. The van der Waals surface area contributed by atoms with Crippen molar-refractivity contribution in [2.24, 2.45) is 0 Å². The van der Waals surface area contributed by atoms with Gasteiger partial charge in [-0.05, 0) is 12.1 Å². The lowest BCUT2D eigenvalue weighted by molar-refractivity contribution is 0.592. The summed E-state index contributed by atoms with van der Waals surface area (Å²) in [6, 6.07) is 5.73. The average Bonchev–Trinajstić information content (AvgIpc) is 2.38. The molecule has 1 aromatic carbocycles. The number of hydrogen-bond donors (Lipinski definition) is 1. The molecule has 0 aliphatic rings. The first-order chi connectivity index (χ1) is 9.01. The summed E-state index contributed by atoms with van der Waals surface area (Å²) in [6.07, 6.45) is 1.14. The Morgan fingerprint density at radius 2 is 2.16 bits per heavy atom. The molecule has 19 heavy (non-hydrogen) atoms. The third-order valence-corrected chi connectivity index (χ3v) is 2.76. The summed E-state index contributed by atoms with van der Waals surface area (Å²) < 4.78 is 14.7. The lowest BCUT2D eigenvalue weighted by Crippen LogP contribution is -2.30. The van der Waals surface area contributed by atoms with Crippen LogP contribution in [-0.4, -0.2) is 9.55 Å². The predicted octanol–water partition coefficient (Wildman–Crippen LogP) is 1.25. The number of aromatic nitrogens is 2. The Balaban J connectivity index is 2.42. The van der Waals surface area contributed by atoms with Gasteiger partial charge in [-0.15, -0.1) is 0 Å². The molecule has 0 spiro atoms. The third kappa shape index (κ3) is 2.72. The molecule has 0 fully saturated rings. The van der Waals surface area contributed by atoms with Gasteiger partial charge in [0.15, 0.2) is 0 Å². The van der Waals surface area contributed by atoms with E-state index in [1.54, 1.807) is 0 Å². The number of halogens is 2. The van der Waals surface area contributed by atoms with Crippen molar-refractivity contribution in [2.75, 3.05) is 0 Å². The minimum Gasteiger partial charge on any atom is -0.295 e. The summed E-state index contributed by atoms with van der Waals surface area (Å²) in [5.74, 6) is -0.603. The first-order valence-corrected chi connectivity index (χ1v) is 5.57. The van der Waals surface area contributed by atoms with Crippen LogP contribution in [0, 0.1) is 17.1 Å². The maximum Gasteiger partial charge on any atom is 0.328 e. The fourth-order valence-electron chi connectivity index (χ4n) is 1.53.